The lowest BCUT2D eigenvalue weighted by atomic mass is 10.1. The van der Waals surface area contributed by atoms with Gasteiger partial charge in [0.2, 0.25) is 5.91 Å². The summed E-state index contributed by atoms with van der Waals surface area (Å²) in [6.07, 6.45) is 0. The number of thiazole rings is 1. The van der Waals surface area contributed by atoms with Crippen LogP contribution in [0.3, 0.4) is 0 Å². The van der Waals surface area contributed by atoms with Crippen LogP contribution in [0.2, 0.25) is 0 Å². The predicted octanol–water partition coefficient (Wildman–Crippen LogP) is 4.53. The summed E-state index contributed by atoms with van der Waals surface area (Å²) in [6.45, 7) is 3.22. The number of hydrogen-bond donors (Lipinski definition) is 1. The maximum Gasteiger partial charge on any atom is 0.270 e. The van der Waals surface area contributed by atoms with E-state index in [2.05, 4.69) is 10.3 Å². The van der Waals surface area contributed by atoms with Gasteiger partial charge in [-0.15, -0.1) is 11.3 Å². The molecule has 0 aliphatic heterocycles. The molecular formula is C18H15N3O4S2. The number of aromatic nitrogens is 1. The number of rotatable bonds is 6. The summed E-state index contributed by atoms with van der Waals surface area (Å²) in [5, 5.41) is 13.2. The van der Waals surface area contributed by atoms with E-state index in [1.165, 1.54) is 42.2 Å². The fraction of sp³-hybridized carbons (Fsp3) is 0.167. The molecule has 0 aliphatic carbocycles. The minimum atomic E-state index is -0.447. The zero-order chi connectivity index (χ0) is 19.6. The lowest BCUT2D eigenvalue weighted by Gasteiger charge is -2.11. The maximum absolute atomic E-state index is 12.4. The second-order valence-corrected chi connectivity index (χ2v) is 8.39. The van der Waals surface area contributed by atoms with Crippen molar-refractivity contribution in [1.82, 2.24) is 4.98 Å². The standard InChI is InChI=1S/C18H15N3O4S2/c1-10(22)12-4-3-5-13(8-12)19-17(23)11(2)26-18-20-15-7-6-14(21(24)25)9-16(15)27-18/h3-9,11H,1-2H3,(H,19,23)/t11-/m0/s1. The molecule has 138 valence electrons. The van der Waals surface area contributed by atoms with Crippen molar-refractivity contribution in [3.05, 3.63) is 58.1 Å². The summed E-state index contributed by atoms with van der Waals surface area (Å²) in [5.74, 6) is -0.289. The van der Waals surface area contributed by atoms with Crippen molar-refractivity contribution in [2.24, 2.45) is 0 Å². The molecular weight excluding hydrogens is 386 g/mol. The number of carbonyl (C=O) groups excluding carboxylic acids is 2. The van der Waals surface area contributed by atoms with Gasteiger partial charge in [-0.3, -0.25) is 19.7 Å². The number of hydrogen-bond acceptors (Lipinski definition) is 7. The van der Waals surface area contributed by atoms with Crippen LogP contribution in [-0.2, 0) is 4.79 Å². The molecule has 7 nitrogen and oxygen atoms in total. The molecule has 0 bridgehead atoms. The molecule has 0 unspecified atom stereocenters. The number of anilines is 1. The first kappa shape index (κ1) is 19.0. The van der Waals surface area contributed by atoms with Crippen LogP contribution in [0, 0.1) is 10.1 Å². The minimum Gasteiger partial charge on any atom is -0.325 e. The van der Waals surface area contributed by atoms with Gasteiger partial charge in [0.1, 0.15) is 0 Å². The van der Waals surface area contributed by atoms with Gasteiger partial charge in [0.15, 0.2) is 10.1 Å². The molecule has 3 rings (SSSR count). The van der Waals surface area contributed by atoms with E-state index in [-0.39, 0.29) is 17.4 Å². The largest absolute Gasteiger partial charge is 0.325 e. The number of carbonyl (C=O) groups is 2. The highest BCUT2D eigenvalue weighted by molar-refractivity contribution is 8.02. The molecule has 1 N–H and O–H groups in total. The summed E-state index contributed by atoms with van der Waals surface area (Å²) in [6, 6.07) is 11.3. The van der Waals surface area contributed by atoms with Crippen LogP contribution in [0.15, 0.2) is 46.8 Å². The summed E-state index contributed by atoms with van der Waals surface area (Å²) >= 11 is 2.59. The van der Waals surface area contributed by atoms with Crippen LogP contribution >= 0.6 is 23.1 Å². The molecule has 0 fully saturated rings. The van der Waals surface area contributed by atoms with Gasteiger partial charge in [-0.1, -0.05) is 23.9 Å². The van der Waals surface area contributed by atoms with Gasteiger partial charge in [-0.2, -0.15) is 0 Å². The molecule has 1 amide bonds. The van der Waals surface area contributed by atoms with Gasteiger partial charge in [0, 0.05) is 23.4 Å². The summed E-state index contributed by atoms with van der Waals surface area (Å²) in [5.41, 5.74) is 1.76. The van der Waals surface area contributed by atoms with Crippen molar-refractivity contribution in [3.8, 4) is 0 Å². The monoisotopic (exact) mass is 401 g/mol. The zero-order valence-electron chi connectivity index (χ0n) is 14.5. The average molecular weight is 401 g/mol. The number of amides is 1. The molecule has 0 aliphatic rings. The molecule has 1 heterocycles. The number of thioether (sulfide) groups is 1. The van der Waals surface area contributed by atoms with Gasteiger partial charge in [-0.05, 0) is 32.0 Å². The fourth-order valence-electron chi connectivity index (χ4n) is 2.32. The lowest BCUT2D eigenvalue weighted by Crippen LogP contribution is -2.22. The first-order valence-electron chi connectivity index (χ1n) is 7.97. The number of non-ortho nitro benzene ring substituents is 1. The van der Waals surface area contributed by atoms with Crippen LogP contribution in [0.1, 0.15) is 24.2 Å². The highest BCUT2D eigenvalue weighted by Crippen LogP contribution is 2.34. The Balaban J connectivity index is 1.71. The molecule has 0 spiro atoms. The van der Waals surface area contributed by atoms with Crippen LogP contribution in [0.4, 0.5) is 11.4 Å². The zero-order valence-corrected chi connectivity index (χ0v) is 16.1. The van der Waals surface area contributed by atoms with Crippen LogP contribution < -0.4 is 5.32 Å². The van der Waals surface area contributed by atoms with Crippen molar-refractivity contribution in [2.45, 2.75) is 23.4 Å². The fourth-order valence-corrected chi connectivity index (χ4v) is 4.57. The third kappa shape index (κ3) is 4.50. The topological polar surface area (TPSA) is 102 Å². The molecule has 3 aromatic rings. The third-order valence-corrected chi connectivity index (χ3v) is 5.96. The van der Waals surface area contributed by atoms with Gasteiger partial charge < -0.3 is 5.32 Å². The Kier molecular flexibility index (Phi) is 5.52. The van der Waals surface area contributed by atoms with E-state index in [1.54, 1.807) is 37.3 Å². The van der Waals surface area contributed by atoms with Crippen LogP contribution in [-0.4, -0.2) is 26.8 Å². The van der Waals surface area contributed by atoms with Crippen molar-refractivity contribution in [1.29, 1.82) is 0 Å². The Morgan fingerprint density at radius 3 is 2.74 bits per heavy atom. The Bertz CT molecular complexity index is 1050. The molecule has 2 aromatic carbocycles. The average Bonchev–Trinajstić information content (AvgIpc) is 3.03. The van der Waals surface area contributed by atoms with Crippen molar-refractivity contribution in [2.75, 3.05) is 5.32 Å². The van der Waals surface area contributed by atoms with Gasteiger partial charge >= 0.3 is 0 Å². The summed E-state index contributed by atoms with van der Waals surface area (Å²) in [4.78, 5) is 38.7. The first-order valence-corrected chi connectivity index (χ1v) is 9.66. The normalized spacial score (nSPS) is 11.9. The molecule has 0 saturated carbocycles. The van der Waals surface area contributed by atoms with Gasteiger partial charge in [0.05, 0.1) is 20.4 Å². The Labute approximate surface area is 163 Å². The van der Waals surface area contributed by atoms with E-state index < -0.39 is 10.2 Å². The SMILES string of the molecule is CC(=O)c1cccc(NC(=O)[C@H](C)Sc2nc3ccc([N+](=O)[O-])cc3s2)c1. The molecule has 27 heavy (non-hydrogen) atoms. The third-order valence-electron chi connectivity index (χ3n) is 3.75. The number of nitrogens with one attached hydrogen (secondary N) is 1. The van der Waals surface area contributed by atoms with Crippen LogP contribution in [0.25, 0.3) is 10.2 Å². The number of nitrogens with zero attached hydrogens (tertiary/aromatic N) is 2. The highest BCUT2D eigenvalue weighted by atomic mass is 32.2. The summed E-state index contributed by atoms with van der Waals surface area (Å²) < 4.78 is 1.36. The van der Waals surface area contributed by atoms with E-state index in [4.69, 9.17) is 0 Å². The number of ketones is 1. The van der Waals surface area contributed by atoms with Gasteiger partial charge in [-0.25, -0.2) is 4.98 Å². The smallest absolute Gasteiger partial charge is 0.270 e. The Morgan fingerprint density at radius 2 is 2.04 bits per heavy atom. The maximum atomic E-state index is 12.4. The first-order chi connectivity index (χ1) is 12.8. The van der Waals surface area contributed by atoms with E-state index in [0.717, 1.165) is 0 Å². The second kappa shape index (κ2) is 7.85. The van der Waals surface area contributed by atoms with Crippen molar-refractivity contribution < 1.29 is 14.5 Å². The molecule has 0 saturated heterocycles. The Morgan fingerprint density at radius 1 is 1.26 bits per heavy atom. The number of nitro benzene ring substituents is 1. The quantitative estimate of drug-likeness (QED) is 0.282. The molecule has 9 heteroatoms. The number of benzene rings is 2. The highest BCUT2D eigenvalue weighted by Gasteiger charge is 2.18. The number of nitro groups is 1. The van der Waals surface area contributed by atoms with Crippen molar-refractivity contribution in [3.63, 3.8) is 0 Å². The number of fused-ring (bicyclic) bond motifs is 1. The number of Topliss-reactive ketones (excluding diaryl/α,β-unsaturated/α-hetero) is 1. The van der Waals surface area contributed by atoms with E-state index in [0.29, 0.717) is 25.8 Å². The van der Waals surface area contributed by atoms with Gasteiger partial charge in [0.25, 0.3) is 5.69 Å². The molecule has 1 aromatic heterocycles. The lowest BCUT2D eigenvalue weighted by molar-refractivity contribution is -0.384. The minimum absolute atomic E-state index is 0.0128. The predicted molar refractivity (Wildman–Crippen MR) is 107 cm³/mol. The molecule has 1 atom stereocenters. The van der Waals surface area contributed by atoms with Crippen molar-refractivity contribution >= 4 is 56.4 Å². The van der Waals surface area contributed by atoms with Crippen LogP contribution in [0.5, 0.6) is 0 Å². The van der Waals surface area contributed by atoms with E-state index in [1.807, 2.05) is 0 Å². The molecule has 0 radical (unpaired) electrons. The Hall–Kier alpha value is -2.78. The van der Waals surface area contributed by atoms with E-state index in [9.17, 15) is 19.7 Å². The summed E-state index contributed by atoms with van der Waals surface area (Å²) in [7, 11) is 0. The van der Waals surface area contributed by atoms with E-state index >= 15 is 0 Å². The second-order valence-electron chi connectivity index (χ2n) is 5.78.